The molecule has 0 spiro atoms. The summed E-state index contributed by atoms with van der Waals surface area (Å²) in [6, 6.07) is 9.41. The van der Waals surface area contributed by atoms with Crippen molar-refractivity contribution in [2.75, 3.05) is 13.1 Å². The molecule has 3 rings (SSSR count). The van der Waals surface area contributed by atoms with Crippen molar-refractivity contribution in [3.63, 3.8) is 0 Å². The molecular formula is C23H25N5O11S2. The van der Waals surface area contributed by atoms with Crippen LogP contribution in [0, 0.1) is 20.2 Å². The van der Waals surface area contributed by atoms with Gasteiger partial charge >= 0.3 is 22.4 Å². The van der Waals surface area contributed by atoms with Gasteiger partial charge in [0, 0.05) is 43.0 Å². The molecule has 1 aliphatic rings. The van der Waals surface area contributed by atoms with Crippen LogP contribution in [0.3, 0.4) is 0 Å². The topological polar surface area (TPSA) is 223 Å². The predicted molar refractivity (Wildman–Crippen MR) is 144 cm³/mol. The van der Waals surface area contributed by atoms with Crippen molar-refractivity contribution in [3.8, 4) is 0 Å². The van der Waals surface area contributed by atoms with Gasteiger partial charge in [0.25, 0.3) is 11.4 Å². The summed E-state index contributed by atoms with van der Waals surface area (Å²) in [4.78, 5) is 59.0. The van der Waals surface area contributed by atoms with E-state index in [9.17, 15) is 43.0 Å². The van der Waals surface area contributed by atoms with Gasteiger partial charge in [-0.3, -0.25) is 25.0 Å². The van der Waals surface area contributed by atoms with Crippen molar-refractivity contribution in [3.05, 3.63) is 79.9 Å². The Morgan fingerprint density at radius 3 is 1.90 bits per heavy atom. The molecule has 2 amide bonds. The molecule has 0 aromatic heterocycles. The van der Waals surface area contributed by atoms with Crippen molar-refractivity contribution in [2.24, 2.45) is 5.14 Å². The number of rotatable bonds is 10. The largest absolute Gasteiger partial charge is 0.445 e. The van der Waals surface area contributed by atoms with Crippen LogP contribution in [0.1, 0.15) is 24.5 Å². The van der Waals surface area contributed by atoms with Crippen molar-refractivity contribution < 1.29 is 42.1 Å². The van der Waals surface area contributed by atoms with E-state index < -0.39 is 56.7 Å². The minimum absolute atomic E-state index is 0.00428. The van der Waals surface area contributed by atoms with E-state index in [-0.39, 0.29) is 40.4 Å². The number of hydrogen-bond donors (Lipinski definition) is 1. The highest BCUT2D eigenvalue weighted by molar-refractivity contribution is 8.14. The molecule has 16 nitrogen and oxygen atoms in total. The Labute approximate surface area is 237 Å². The first-order chi connectivity index (χ1) is 19.2. The van der Waals surface area contributed by atoms with Crippen molar-refractivity contribution >= 4 is 50.6 Å². The van der Waals surface area contributed by atoms with Crippen molar-refractivity contribution in [2.45, 2.75) is 37.9 Å². The van der Waals surface area contributed by atoms with Crippen molar-refractivity contribution in [1.29, 1.82) is 0 Å². The molecule has 1 saturated heterocycles. The number of likely N-dealkylation sites (tertiary alicyclic amines) is 1. The summed E-state index contributed by atoms with van der Waals surface area (Å²) < 4.78 is 35.2. The van der Waals surface area contributed by atoms with Gasteiger partial charge < -0.3 is 14.4 Å². The van der Waals surface area contributed by atoms with E-state index in [1.165, 1.54) is 60.4 Å². The SMILES string of the molecule is CC(=O)S[C@H]1C[C@@H](CN(C(=O)OCc2ccc([N+](=O)[O-])cc2)S(N)(=O)=O)N(C(=O)OCc2ccc([N+](=O)[O-])cc2)C1. The van der Waals surface area contributed by atoms with Gasteiger partial charge in [-0.15, -0.1) is 0 Å². The van der Waals surface area contributed by atoms with Crippen LogP contribution in [0.25, 0.3) is 0 Å². The second kappa shape index (κ2) is 13.4. The van der Waals surface area contributed by atoms with Crippen LogP contribution in [0.2, 0.25) is 0 Å². The van der Waals surface area contributed by atoms with Crippen LogP contribution >= 0.6 is 11.8 Å². The van der Waals surface area contributed by atoms with Crippen LogP contribution in [-0.2, 0) is 37.7 Å². The van der Waals surface area contributed by atoms with Crippen LogP contribution in [-0.4, -0.2) is 69.2 Å². The lowest BCUT2D eigenvalue weighted by molar-refractivity contribution is -0.385. The molecule has 0 radical (unpaired) electrons. The Kier molecular flexibility index (Phi) is 10.2. The average Bonchev–Trinajstić information content (AvgIpc) is 3.30. The summed E-state index contributed by atoms with van der Waals surface area (Å²) in [5, 5.41) is 26.2. The standard InChI is InChI=1S/C23H25N5O11S2/c1-15(29)40-21-10-20(25(12-21)22(30)38-13-16-2-6-18(7-3-16)27(32)33)11-26(41(24,36)37)23(31)39-14-17-4-8-19(9-5-17)28(34)35/h2-9,20-21H,10-14H2,1H3,(H2,24,36,37)/t20-,21-/m0/s1. The number of nitrogens with two attached hydrogens (primary N) is 1. The van der Waals surface area contributed by atoms with Gasteiger partial charge in [-0.2, -0.15) is 12.7 Å². The van der Waals surface area contributed by atoms with Crippen LogP contribution in [0.4, 0.5) is 21.0 Å². The van der Waals surface area contributed by atoms with E-state index in [1.807, 2.05) is 0 Å². The molecule has 18 heteroatoms. The maximum absolute atomic E-state index is 13.0. The number of hydrogen-bond acceptors (Lipinski definition) is 12. The number of carbonyl (C=O) groups is 3. The summed E-state index contributed by atoms with van der Waals surface area (Å²) >= 11 is 0.944. The fourth-order valence-corrected chi connectivity index (χ4v) is 5.60. The monoisotopic (exact) mass is 611 g/mol. The molecular weight excluding hydrogens is 586 g/mol. The maximum Gasteiger partial charge on any atom is 0.424 e. The molecule has 220 valence electrons. The Hall–Kier alpha value is -4.29. The number of non-ortho nitro benzene ring substituents is 2. The number of nitrogens with zero attached hydrogens (tertiary/aromatic N) is 4. The smallest absolute Gasteiger partial charge is 0.424 e. The highest BCUT2D eigenvalue weighted by Gasteiger charge is 2.41. The summed E-state index contributed by atoms with van der Waals surface area (Å²) in [7, 11) is -4.67. The van der Waals surface area contributed by atoms with Gasteiger partial charge in [0.05, 0.1) is 22.4 Å². The third-order valence-corrected chi connectivity index (χ3v) is 7.77. The lowest BCUT2D eigenvalue weighted by Gasteiger charge is -2.28. The van der Waals surface area contributed by atoms with Crippen molar-refractivity contribution in [1.82, 2.24) is 9.21 Å². The molecule has 0 aliphatic carbocycles. The molecule has 2 atom stereocenters. The molecule has 1 aliphatic heterocycles. The van der Waals surface area contributed by atoms with Gasteiger partial charge in [-0.25, -0.2) is 14.7 Å². The molecule has 0 unspecified atom stereocenters. The lowest BCUT2D eigenvalue weighted by atomic mass is 10.2. The van der Waals surface area contributed by atoms with E-state index >= 15 is 0 Å². The molecule has 0 bridgehead atoms. The Morgan fingerprint density at radius 1 is 0.976 bits per heavy atom. The van der Waals surface area contributed by atoms with Crippen LogP contribution in [0.5, 0.6) is 0 Å². The number of thioether (sulfide) groups is 1. The predicted octanol–water partition coefficient (Wildman–Crippen LogP) is 2.70. The molecule has 2 N–H and O–H groups in total. The normalized spacial score (nSPS) is 16.6. The van der Waals surface area contributed by atoms with Gasteiger partial charge in [0.2, 0.25) is 0 Å². The average molecular weight is 612 g/mol. The lowest BCUT2D eigenvalue weighted by Crippen LogP contribution is -2.49. The second-order valence-corrected chi connectivity index (χ2v) is 11.8. The van der Waals surface area contributed by atoms with Gasteiger partial charge in [-0.1, -0.05) is 11.8 Å². The van der Waals surface area contributed by atoms with E-state index in [2.05, 4.69) is 0 Å². The molecule has 0 saturated carbocycles. The highest BCUT2D eigenvalue weighted by atomic mass is 32.2. The van der Waals surface area contributed by atoms with E-state index in [4.69, 9.17) is 14.6 Å². The zero-order valence-corrected chi connectivity index (χ0v) is 23.1. The van der Waals surface area contributed by atoms with Gasteiger partial charge in [0.1, 0.15) is 13.2 Å². The zero-order valence-electron chi connectivity index (χ0n) is 21.5. The molecule has 2 aromatic carbocycles. The molecule has 1 heterocycles. The number of carbonyl (C=O) groups excluding carboxylic acids is 3. The first-order valence-corrected chi connectivity index (χ1v) is 14.2. The third-order valence-electron chi connectivity index (χ3n) is 5.85. The van der Waals surface area contributed by atoms with Gasteiger partial charge in [0.15, 0.2) is 5.12 Å². The number of benzene rings is 2. The number of nitro groups is 2. The van der Waals surface area contributed by atoms with Gasteiger partial charge in [-0.05, 0) is 41.8 Å². The van der Waals surface area contributed by atoms with E-state index in [1.54, 1.807) is 0 Å². The zero-order chi connectivity index (χ0) is 30.3. The highest BCUT2D eigenvalue weighted by Crippen LogP contribution is 2.30. The summed E-state index contributed by atoms with van der Waals surface area (Å²) in [5.74, 6) is 0. The Bertz CT molecular complexity index is 1420. The summed E-state index contributed by atoms with van der Waals surface area (Å²) in [6.07, 6.45) is -2.08. The molecule has 2 aromatic rings. The quantitative estimate of drug-likeness (QED) is 0.302. The number of ether oxygens (including phenoxy) is 2. The first kappa shape index (κ1) is 31.2. The summed E-state index contributed by atoms with van der Waals surface area (Å²) in [5.41, 5.74) is 0.460. The summed E-state index contributed by atoms with van der Waals surface area (Å²) in [6.45, 7) is 0.0728. The minimum atomic E-state index is -4.67. The number of nitro benzene ring substituents is 2. The minimum Gasteiger partial charge on any atom is -0.445 e. The van der Waals surface area contributed by atoms with E-state index in [0.717, 1.165) is 11.8 Å². The third kappa shape index (κ3) is 8.85. The Morgan fingerprint density at radius 2 is 1.46 bits per heavy atom. The maximum atomic E-state index is 13.0. The van der Waals surface area contributed by atoms with Crippen LogP contribution < -0.4 is 5.14 Å². The fraction of sp³-hybridized carbons (Fsp3) is 0.348. The van der Waals surface area contributed by atoms with E-state index in [0.29, 0.717) is 11.1 Å². The number of amides is 2. The molecule has 1 fully saturated rings. The van der Waals surface area contributed by atoms with Crippen LogP contribution in [0.15, 0.2) is 48.5 Å². The molecule has 41 heavy (non-hydrogen) atoms. The first-order valence-electron chi connectivity index (χ1n) is 11.8. The fourth-order valence-electron chi connectivity index (χ4n) is 3.94. The second-order valence-electron chi connectivity index (χ2n) is 8.81. The Balaban J connectivity index is 1.71.